The Morgan fingerprint density at radius 2 is 1.60 bits per heavy atom. The van der Waals surface area contributed by atoms with Gasteiger partial charge in [-0.1, -0.05) is 12.8 Å². The van der Waals surface area contributed by atoms with Crippen molar-refractivity contribution in [2.24, 2.45) is 5.41 Å². The van der Waals surface area contributed by atoms with Crippen LogP contribution < -0.4 is 0 Å². The molecule has 0 N–H and O–H groups in total. The summed E-state index contributed by atoms with van der Waals surface area (Å²) in [5.74, 6) is -4.78. The van der Waals surface area contributed by atoms with E-state index in [4.69, 9.17) is 0 Å². The lowest BCUT2D eigenvalue weighted by Crippen LogP contribution is -2.57. The fraction of sp³-hybridized carbons (Fsp3) is 0.538. The maximum absolute atomic E-state index is 13.6. The van der Waals surface area contributed by atoms with Crippen molar-refractivity contribution < 1.29 is 21.6 Å². The first kappa shape index (κ1) is 13.9. The van der Waals surface area contributed by atoms with Crippen LogP contribution >= 0.6 is 0 Å². The van der Waals surface area contributed by atoms with Gasteiger partial charge in [0, 0.05) is 13.1 Å². The van der Waals surface area contributed by atoms with Crippen molar-refractivity contribution >= 4 is 10.0 Å². The van der Waals surface area contributed by atoms with Crippen LogP contribution in [0.1, 0.15) is 25.7 Å². The molecular weight excluding hydrogens is 291 g/mol. The highest BCUT2D eigenvalue weighted by molar-refractivity contribution is 7.89. The molecule has 0 aromatic heterocycles. The van der Waals surface area contributed by atoms with Crippen molar-refractivity contribution in [2.45, 2.75) is 30.6 Å². The minimum Gasteiger partial charge on any atom is -0.207 e. The van der Waals surface area contributed by atoms with E-state index in [0.717, 1.165) is 36.1 Å². The number of nitrogens with zero attached hydrogens (tertiary/aromatic N) is 1. The molecule has 0 bridgehead atoms. The van der Waals surface area contributed by atoms with Crippen molar-refractivity contribution in [2.75, 3.05) is 13.1 Å². The number of sulfonamides is 1. The molecule has 3 rings (SSSR count). The molecule has 2 aliphatic rings. The Balaban J connectivity index is 1.89. The summed E-state index contributed by atoms with van der Waals surface area (Å²) in [5.41, 5.74) is 0.0160. The van der Waals surface area contributed by atoms with Crippen molar-refractivity contribution in [3.8, 4) is 0 Å². The van der Waals surface area contributed by atoms with Gasteiger partial charge in [0.05, 0.1) is 0 Å². The monoisotopic (exact) mass is 305 g/mol. The van der Waals surface area contributed by atoms with Crippen molar-refractivity contribution in [3.05, 3.63) is 29.6 Å². The number of benzene rings is 1. The molecule has 0 radical (unpaired) electrons. The molecule has 0 amide bonds. The van der Waals surface area contributed by atoms with E-state index >= 15 is 0 Å². The van der Waals surface area contributed by atoms with Gasteiger partial charge in [0.15, 0.2) is 17.5 Å². The maximum Gasteiger partial charge on any atom is 0.246 e. The number of rotatable bonds is 2. The molecule has 1 heterocycles. The van der Waals surface area contributed by atoms with Gasteiger partial charge in [0.1, 0.15) is 4.90 Å². The molecular formula is C13H14F3NO2S. The lowest BCUT2D eigenvalue weighted by atomic mass is 9.80. The predicted octanol–water partition coefficient (Wildman–Crippen LogP) is 2.67. The number of halogens is 3. The van der Waals surface area contributed by atoms with E-state index in [0.29, 0.717) is 19.2 Å². The normalized spacial score (nSPS) is 22.1. The first-order valence-electron chi connectivity index (χ1n) is 6.49. The van der Waals surface area contributed by atoms with Crippen molar-refractivity contribution in [3.63, 3.8) is 0 Å². The van der Waals surface area contributed by atoms with Gasteiger partial charge >= 0.3 is 0 Å². The van der Waals surface area contributed by atoms with Gasteiger partial charge < -0.3 is 0 Å². The zero-order valence-corrected chi connectivity index (χ0v) is 11.5. The topological polar surface area (TPSA) is 37.4 Å². The predicted molar refractivity (Wildman–Crippen MR) is 66.0 cm³/mol. The molecule has 3 nitrogen and oxygen atoms in total. The van der Waals surface area contributed by atoms with E-state index in [2.05, 4.69) is 0 Å². The average Bonchev–Trinajstić information content (AvgIpc) is 2.83. The summed E-state index contributed by atoms with van der Waals surface area (Å²) in [6.45, 7) is 0.682. The Morgan fingerprint density at radius 1 is 1.00 bits per heavy atom. The zero-order valence-electron chi connectivity index (χ0n) is 10.7. The largest absolute Gasteiger partial charge is 0.246 e. The maximum atomic E-state index is 13.6. The highest BCUT2D eigenvalue weighted by atomic mass is 32.2. The van der Waals surface area contributed by atoms with Gasteiger partial charge in [-0.25, -0.2) is 21.6 Å². The van der Waals surface area contributed by atoms with Crippen LogP contribution in [0, 0.1) is 22.9 Å². The Hall–Kier alpha value is -1.08. The Bertz CT molecular complexity index is 646. The summed E-state index contributed by atoms with van der Waals surface area (Å²) in [6, 6.07) is 1.42. The minimum atomic E-state index is -4.08. The molecule has 0 unspecified atom stereocenters. The second-order valence-electron chi connectivity index (χ2n) is 5.65. The highest BCUT2D eigenvalue weighted by Gasteiger charge is 2.50. The molecule has 0 atom stereocenters. The van der Waals surface area contributed by atoms with E-state index in [1.807, 2.05) is 0 Å². The van der Waals surface area contributed by atoms with E-state index in [9.17, 15) is 21.6 Å². The van der Waals surface area contributed by atoms with Gasteiger partial charge in [-0.05, 0) is 30.4 Å². The van der Waals surface area contributed by atoms with Gasteiger partial charge in [-0.3, -0.25) is 0 Å². The number of hydrogen-bond donors (Lipinski definition) is 0. The molecule has 1 aliphatic carbocycles. The summed E-state index contributed by atoms with van der Waals surface area (Å²) in [5, 5.41) is 0. The van der Waals surface area contributed by atoms with E-state index in [1.165, 1.54) is 0 Å². The molecule has 1 saturated carbocycles. The molecule has 110 valence electrons. The third-order valence-corrected chi connectivity index (χ3v) is 6.11. The molecule has 1 aromatic rings. The lowest BCUT2D eigenvalue weighted by Gasteiger charge is -2.47. The summed E-state index contributed by atoms with van der Waals surface area (Å²) in [7, 11) is -4.08. The van der Waals surface area contributed by atoms with Crippen LogP contribution in [0.3, 0.4) is 0 Å². The van der Waals surface area contributed by atoms with Crippen LogP contribution in [0.25, 0.3) is 0 Å². The lowest BCUT2D eigenvalue weighted by molar-refractivity contribution is 0.0774. The van der Waals surface area contributed by atoms with Crippen LogP contribution in [-0.2, 0) is 10.0 Å². The first-order chi connectivity index (χ1) is 9.36. The van der Waals surface area contributed by atoms with E-state index < -0.39 is 32.4 Å². The van der Waals surface area contributed by atoms with Gasteiger partial charge in [0.25, 0.3) is 0 Å². The van der Waals surface area contributed by atoms with Gasteiger partial charge in [-0.2, -0.15) is 4.31 Å². The zero-order chi connectivity index (χ0) is 14.5. The van der Waals surface area contributed by atoms with Crippen molar-refractivity contribution in [1.82, 2.24) is 4.31 Å². The Kier molecular flexibility index (Phi) is 3.10. The van der Waals surface area contributed by atoms with Gasteiger partial charge in [0.2, 0.25) is 10.0 Å². The fourth-order valence-electron chi connectivity index (χ4n) is 3.16. The second-order valence-corrected chi connectivity index (χ2v) is 7.56. The minimum absolute atomic E-state index is 0.0160. The third kappa shape index (κ3) is 1.95. The Morgan fingerprint density at radius 3 is 2.20 bits per heavy atom. The summed E-state index contributed by atoms with van der Waals surface area (Å²) >= 11 is 0. The van der Waals surface area contributed by atoms with Crippen LogP contribution in [0.5, 0.6) is 0 Å². The van der Waals surface area contributed by atoms with E-state index in [1.54, 1.807) is 0 Å². The molecule has 20 heavy (non-hydrogen) atoms. The third-order valence-electron chi connectivity index (χ3n) is 4.31. The average molecular weight is 305 g/mol. The molecule has 1 spiro atoms. The summed E-state index contributed by atoms with van der Waals surface area (Å²) < 4.78 is 65.3. The molecule has 1 aliphatic heterocycles. The second kappa shape index (κ2) is 4.46. The molecule has 1 saturated heterocycles. The summed E-state index contributed by atoms with van der Waals surface area (Å²) in [6.07, 6.45) is 4.10. The quantitative estimate of drug-likeness (QED) is 0.788. The Labute approximate surface area is 115 Å². The summed E-state index contributed by atoms with van der Waals surface area (Å²) in [4.78, 5) is -0.788. The molecule has 1 aromatic carbocycles. The van der Waals surface area contributed by atoms with E-state index in [-0.39, 0.29) is 5.41 Å². The smallest absolute Gasteiger partial charge is 0.207 e. The highest BCUT2D eigenvalue weighted by Crippen LogP contribution is 2.47. The van der Waals surface area contributed by atoms with Crippen molar-refractivity contribution in [1.29, 1.82) is 0 Å². The standard InChI is InChI=1S/C13H14F3NO2S/c14-9-3-4-10(12(16)11(9)15)20(18,19)17-7-13(8-17)5-1-2-6-13/h3-4H,1-2,5-8H2. The van der Waals surface area contributed by atoms with Crippen LogP contribution in [0.15, 0.2) is 17.0 Å². The van der Waals surface area contributed by atoms with Crippen LogP contribution in [-0.4, -0.2) is 25.8 Å². The molecule has 2 fully saturated rings. The SMILES string of the molecule is O=S(=O)(c1ccc(F)c(F)c1F)N1CC2(CCCC2)C1. The van der Waals surface area contributed by atoms with Crippen LogP contribution in [0.2, 0.25) is 0 Å². The first-order valence-corrected chi connectivity index (χ1v) is 7.93. The molecule has 7 heteroatoms. The van der Waals surface area contributed by atoms with Crippen LogP contribution in [0.4, 0.5) is 13.2 Å². The number of hydrogen-bond acceptors (Lipinski definition) is 2. The fourth-order valence-corrected chi connectivity index (χ4v) is 4.88. The van der Waals surface area contributed by atoms with Gasteiger partial charge in [-0.15, -0.1) is 0 Å².